The van der Waals surface area contributed by atoms with Gasteiger partial charge in [0.15, 0.2) is 0 Å². The van der Waals surface area contributed by atoms with Gasteiger partial charge < -0.3 is 15.8 Å². The molecule has 1 aliphatic rings. The van der Waals surface area contributed by atoms with Crippen molar-refractivity contribution in [3.8, 4) is 0 Å². The van der Waals surface area contributed by atoms with E-state index < -0.39 is 0 Å². The van der Waals surface area contributed by atoms with E-state index in [1.165, 1.54) is 17.4 Å². The summed E-state index contributed by atoms with van der Waals surface area (Å²) in [5.41, 5.74) is 5.36. The van der Waals surface area contributed by atoms with Crippen LogP contribution in [0.15, 0.2) is 6.33 Å². The molecular weight excluding hydrogens is 234 g/mol. The van der Waals surface area contributed by atoms with Gasteiger partial charge >= 0.3 is 0 Å². The molecule has 1 saturated heterocycles. The number of amides is 1. The molecular formula is C11H19N5O2. The van der Waals surface area contributed by atoms with Gasteiger partial charge in [-0.1, -0.05) is 0 Å². The van der Waals surface area contributed by atoms with Crippen LogP contribution in [0.4, 0.5) is 5.95 Å². The van der Waals surface area contributed by atoms with E-state index in [4.69, 9.17) is 10.5 Å². The Morgan fingerprint density at radius 2 is 2.50 bits per heavy atom. The van der Waals surface area contributed by atoms with Crippen molar-refractivity contribution in [3.05, 3.63) is 6.33 Å². The van der Waals surface area contributed by atoms with Crippen LogP contribution in [0.3, 0.4) is 0 Å². The Bertz CT molecular complexity index is 387. The van der Waals surface area contributed by atoms with Gasteiger partial charge in [0.2, 0.25) is 11.9 Å². The van der Waals surface area contributed by atoms with E-state index in [9.17, 15) is 4.79 Å². The van der Waals surface area contributed by atoms with Crippen LogP contribution < -0.4 is 11.1 Å². The molecule has 0 spiro atoms. The van der Waals surface area contributed by atoms with E-state index in [0.717, 1.165) is 25.9 Å². The zero-order valence-corrected chi connectivity index (χ0v) is 10.3. The molecule has 1 aromatic heterocycles. The van der Waals surface area contributed by atoms with Crippen molar-refractivity contribution in [2.24, 2.45) is 0 Å². The molecule has 1 atom stereocenters. The quantitative estimate of drug-likeness (QED) is 0.766. The maximum atomic E-state index is 11.6. The van der Waals surface area contributed by atoms with Crippen LogP contribution in [0.2, 0.25) is 0 Å². The van der Waals surface area contributed by atoms with E-state index in [0.29, 0.717) is 12.6 Å². The molecule has 7 heteroatoms. The van der Waals surface area contributed by atoms with E-state index in [2.05, 4.69) is 15.4 Å². The lowest BCUT2D eigenvalue weighted by atomic mass is 10.1. The number of hydrogen-bond donors (Lipinski definition) is 2. The predicted octanol–water partition coefficient (Wildman–Crippen LogP) is -0.0643. The van der Waals surface area contributed by atoms with Gasteiger partial charge in [0, 0.05) is 13.2 Å². The van der Waals surface area contributed by atoms with Crippen LogP contribution in [-0.4, -0.2) is 39.9 Å². The van der Waals surface area contributed by atoms with Crippen LogP contribution in [-0.2, 0) is 16.1 Å². The van der Waals surface area contributed by atoms with Crippen LogP contribution in [0.25, 0.3) is 0 Å². The molecule has 0 bridgehead atoms. The summed E-state index contributed by atoms with van der Waals surface area (Å²) in [5, 5.41) is 6.69. The maximum Gasteiger partial charge on any atom is 0.241 e. The molecule has 7 nitrogen and oxygen atoms in total. The third kappa shape index (κ3) is 3.99. The number of carbonyl (C=O) groups is 1. The van der Waals surface area contributed by atoms with Gasteiger partial charge in [0.25, 0.3) is 0 Å². The number of nitrogen functional groups attached to an aromatic ring is 1. The van der Waals surface area contributed by atoms with E-state index in [-0.39, 0.29) is 18.4 Å². The lowest BCUT2D eigenvalue weighted by molar-refractivity contribution is -0.122. The van der Waals surface area contributed by atoms with Crippen LogP contribution in [0.1, 0.15) is 25.7 Å². The normalized spacial score (nSPS) is 19.7. The first-order valence-corrected chi connectivity index (χ1v) is 6.27. The fraction of sp³-hybridized carbons (Fsp3) is 0.727. The number of carbonyl (C=O) groups excluding carboxylic acids is 1. The van der Waals surface area contributed by atoms with Gasteiger partial charge in [-0.15, -0.1) is 5.10 Å². The monoisotopic (exact) mass is 253 g/mol. The summed E-state index contributed by atoms with van der Waals surface area (Å²) in [6.45, 7) is 1.63. The van der Waals surface area contributed by atoms with Crippen molar-refractivity contribution in [1.82, 2.24) is 20.1 Å². The second kappa shape index (κ2) is 6.34. The molecule has 18 heavy (non-hydrogen) atoms. The maximum absolute atomic E-state index is 11.6. The number of nitrogens with two attached hydrogens (primary N) is 1. The van der Waals surface area contributed by atoms with Crippen LogP contribution >= 0.6 is 0 Å². The highest BCUT2D eigenvalue weighted by molar-refractivity contribution is 5.75. The smallest absolute Gasteiger partial charge is 0.241 e. The molecule has 1 fully saturated rings. The standard InChI is InChI=1S/C11H19N5O2/c12-11-14-8-16(15-11)7-10(17)13-5-4-9-3-1-2-6-18-9/h8-9H,1-7H2,(H2,12,15)(H,13,17). The molecule has 0 saturated carbocycles. The fourth-order valence-electron chi connectivity index (χ4n) is 2.00. The number of nitrogens with one attached hydrogen (secondary N) is 1. The number of aromatic nitrogens is 3. The van der Waals surface area contributed by atoms with E-state index in [1.807, 2.05) is 0 Å². The molecule has 1 amide bonds. The first-order chi connectivity index (χ1) is 8.74. The van der Waals surface area contributed by atoms with Crippen molar-refractivity contribution in [2.75, 3.05) is 18.9 Å². The summed E-state index contributed by atoms with van der Waals surface area (Å²) in [6.07, 6.45) is 6.06. The molecule has 1 aromatic rings. The first kappa shape index (κ1) is 12.8. The molecule has 0 radical (unpaired) electrons. The van der Waals surface area contributed by atoms with Crippen LogP contribution in [0.5, 0.6) is 0 Å². The third-order valence-corrected chi connectivity index (χ3v) is 2.92. The summed E-state index contributed by atoms with van der Waals surface area (Å²) in [5.74, 6) is 0.0918. The number of ether oxygens (including phenoxy) is 1. The van der Waals surface area contributed by atoms with Gasteiger partial charge in [0.05, 0.1) is 6.10 Å². The van der Waals surface area contributed by atoms with Crippen molar-refractivity contribution in [1.29, 1.82) is 0 Å². The largest absolute Gasteiger partial charge is 0.378 e. The Morgan fingerprint density at radius 1 is 1.61 bits per heavy atom. The minimum atomic E-state index is -0.0873. The zero-order valence-electron chi connectivity index (χ0n) is 10.3. The number of anilines is 1. The van der Waals surface area contributed by atoms with Gasteiger partial charge in [0.1, 0.15) is 12.9 Å². The minimum Gasteiger partial charge on any atom is -0.378 e. The van der Waals surface area contributed by atoms with Crippen molar-refractivity contribution in [3.63, 3.8) is 0 Å². The Kier molecular flexibility index (Phi) is 4.52. The molecule has 100 valence electrons. The molecule has 2 rings (SSSR count). The summed E-state index contributed by atoms with van der Waals surface area (Å²) < 4.78 is 7.00. The highest BCUT2D eigenvalue weighted by Gasteiger charge is 2.13. The Labute approximate surface area is 106 Å². The Morgan fingerprint density at radius 3 is 3.17 bits per heavy atom. The number of hydrogen-bond acceptors (Lipinski definition) is 5. The van der Waals surface area contributed by atoms with Gasteiger partial charge in [-0.3, -0.25) is 4.79 Å². The summed E-state index contributed by atoms with van der Waals surface area (Å²) in [6, 6.07) is 0. The van der Waals surface area contributed by atoms with Gasteiger partial charge in [-0.2, -0.15) is 0 Å². The first-order valence-electron chi connectivity index (χ1n) is 6.27. The molecule has 1 unspecified atom stereocenters. The average molecular weight is 253 g/mol. The topological polar surface area (TPSA) is 95.1 Å². The molecule has 0 aromatic carbocycles. The van der Waals surface area contributed by atoms with Gasteiger partial charge in [-0.25, -0.2) is 9.67 Å². The van der Waals surface area contributed by atoms with E-state index >= 15 is 0 Å². The number of rotatable bonds is 5. The molecule has 2 heterocycles. The second-order valence-corrected chi connectivity index (χ2v) is 4.43. The summed E-state index contributed by atoms with van der Waals surface area (Å²) >= 11 is 0. The van der Waals surface area contributed by atoms with Crippen molar-refractivity contribution in [2.45, 2.75) is 38.3 Å². The Hall–Kier alpha value is -1.63. The lowest BCUT2D eigenvalue weighted by Crippen LogP contribution is -2.31. The Balaban J connectivity index is 1.62. The number of nitrogens with zero attached hydrogens (tertiary/aromatic N) is 3. The fourth-order valence-corrected chi connectivity index (χ4v) is 2.00. The molecule has 0 aliphatic carbocycles. The minimum absolute atomic E-state index is 0.0873. The summed E-state index contributed by atoms with van der Waals surface area (Å²) in [7, 11) is 0. The van der Waals surface area contributed by atoms with Crippen molar-refractivity contribution < 1.29 is 9.53 Å². The molecule has 1 aliphatic heterocycles. The molecule has 3 N–H and O–H groups in total. The van der Waals surface area contributed by atoms with Crippen molar-refractivity contribution >= 4 is 11.9 Å². The van der Waals surface area contributed by atoms with Crippen LogP contribution in [0, 0.1) is 0 Å². The zero-order chi connectivity index (χ0) is 12.8. The SMILES string of the molecule is Nc1ncn(CC(=O)NCCC2CCCCO2)n1. The summed E-state index contributed by atoms with van der Waals surface area (Å²) in [4.78, 5) is 15.3. The predicted molar refractivity (Wildman–Crippen MR) is 65.7 cm³/mol. The highest BCUT2D eigenvalue weighted by atomic mass is 16.5. The average Bonchev–Trinajstić information content (AvgIpc) is 2.76. The second-order valence-electron chi connectivity index (χ2n) is 4.43. The van der Waals surface area contributed by atoms with E-state index in [1.54, 1.807) is 0 Å². The van der Waals surface area contributed by atoms with Gasteiger partial charge in [-0.05, 0) is 25.7 Å². The lowest BCUT2D eigenvalue weighted by Gasteiger charge is -2.22. The third-order valence-electron chi connectivity index (χ3n) is 2.92. The highest BCUT2D eigenvalue weighted by Crippen LogP contribution is 2.14.